The van der Waals surface area contributed by atoms with E-state index in [1.54, 1.807) is 0 Å². The first-order valence-corrected chi connectivity index (χ1v) is 6.21. The third-order valence-electron chi connectivity index (χ3n) is 3.50. The number of aromatic nitrogens is 1. The molecule has 0 atom stereocenters. The zero-order valence-corrected chi connectivity index (χ0v) is 10.3. The Balaban J connectivity index is 2.19. The van der Waals surface area contributed by atoms with E-state index in [1.165, 1.54) is 19.3 Å². The zero-order chi connectivity index (χ0) is 12.3. The molecule has 1 aromatic rings. The van der Waals surface area contributed by atoms with Crippen molar-refractivity contribution in [2.24, 2.45) is 0 Å². The summed E-state index contributed by atoms with van der Waals surface area (Å²) in [5, 5.41) is 18.3. The normalized spacial score (nSPS) is 15.7. The molecule has 4 nitrogen and oxygen atoms in total. The maximum atomic E-state index is 9.13. The lowest BCUT2D eigenvalue weighted by Gasteiger charge is -2.38. The summed E-state index contributed by atoms with van der Waals surface area (Å²) in [4.78, 5) is 6.70. The van der Waals surface area contributed by atoms with Crippen molar-refractivity contribution in [3.8, 4) is 0 Å². The summed E-state index contributed by atoms with van der Waals surface area (Å²) in [7, 11) is 0. The molecule has 2 N–H and O–H groups in total. The number of aryl methyl sites for hydroxylation is 1. The zero-order valence-electron chi connectivity index (χ0n) is 10.3. The second kappa shape index (κ2) is 5.47. The van der Waals surface area contributed by atoms with Crippen LogP contribution in [0.1, 0.15) is 30.5 Å². The average molecular weight is 236 g/mol. The first-order chi connectivity index (χ1) is 8.26. The van der Waals surface area contributed by atoms with Crippen molar-refractivity contribution in [3.63, 3.8) is 0 Å². The number of aliphatic hydroxyl groups is 2. The predicted octanol–water partition coefficient (Wildman–Crippen LogP) is 1.23. The SMILES string of the molecule is Cc1nc(N(CCO)C2CCC2)ccc1CO. The highest BCUT2D eigenvalue weighted by Gasteiger charge is 2.25. The van der Waals surface area contributed by atoms with Crippen molar-refractivity contribution in [2.45, 2.75) is 38.8 Å². The van der Waals surface area contributed by atoms with E-state index in [0.717, 1.165) is 17.1 Å². The van der Waals surface area contributed by atoms with Gasteiger partial charge in [0, 0.05) is 18.3 Å². The Bertz CT molecular complexity index is 378. The van der Waals surface area contributed by atoms with Gasteiger partial charge in [0.2, 0.25) is 0 Å². The second-order valence-electron chi connectivity index (χ2n) is 4.57. The van der Waals surface area contributed by atoms with E-state index in [0.29, 0.717) is 12.6 Å². The molecule has 0 aromatic carbocycles. The van der Waals surface area contributed by atoms with E-state index >= 15 is 0 Å². The summed E-state index contributed by atoms with van der Waals surface area (Å²) in [5.74, 6) is 0.915. The quantitative estimate of drug-likeness (QED) is 0.807. The Kier molecular flexibility index (Phi) is 3.97. The van der Waals surface area contributed by atoms with Crippen LogP contribution in [0.4, 0.5) is 5.82 Å². The van der Waals surface area contributed by atoms with E-state index in [-0.39, 0.29) is 13.2 Å². The summed E-state index contributed by atoms with van der Waals surface area (Å²) >= 11 is 0. The fraction of sp³-hybridized carbons (Fsp3) is 0.615. The van der Waals surface area contributed by atoms with E-state index in [2.05, 4.69) is 9.88 Å². The van der Waals surface area contributed by atoms with Crippen LogP contribution >= 0.6 is 0 Å². The molecule has 1 saturated carbocycles. The number of hydrogen-bond donors (Lipinski definition) is 2. The van der Waals surface area contributed by atoms with Crippen LogP contribution in [-0.4, -0.2) is 34.4 Å². The van der Waals surface area contributed by atoms with Crippen LogP contribution < -0.4 is 4.90 Å². The molecule has 0 spiro atoms. The summed E-state index contributed by atoms with van der Waals surface area (Å²) in [5.41, 5.74) is 1.73. The minimum Gasteiger partial charge on any atom is -0.395 e. The Morgan fingerprint density at radius 3 is 2.59 bits per heavy atom. The third kappa shape index (κ3) is 2.58. The highest BCUT2D eigenvalue weighted by atomic mass is 16.3. The van der Waals surface area contributed by atoms with Crippen LogP contribution in [0.5, 0.6) is 0 Å². The summed E-state index contributed by atoms with van der Waals surface area (Å²) in [6.45, 7) is 2.73. The van der Waals surface area contributed by atoms with Gasteiger partial charge < -0.3 is 15.1 Å². The Hall–Kier alpha value is -1.13. The first-order valence-electron chi connectivity index (χ1n) is 6.21. The smallest absolute Gasteiger partial charge is 0.129 e. The monoisotopic (exact) mass is 236 g/mol. The molecule has 0 aliphatic heterocycles. The summed E-state index contributed by atoms with van der Waals surface area (Å²) in [6, 6.07) is 4.38. The molecule has 0 bridgehead atoms. The van der Waals surface area contributed by atoms with Crippen LogP contribution in [0.2, 0.25) is 0 Å². The van der Waals surface area contributed by atoms with Crippen molar-refractivity contribution >= 4 is 5.82 Å². The van der Waals surface area contributed by atoms with Gasteiger partial charge in [-0.3, -0.25) is 0 Å². The number of rotatable bonds is 5. The Morgan fingerprint density at radius 1 is 1.35 bits per heavy atom. The molecule has 0 unspecified atom stereocenters. The van der Waals surface area contributed by atoms with Gasteiger partial charge in [0.1, 0.15) is 5.82 Å². The van der Waals surface area contributed by atoms with Crippen molar-refractivity contribution in [2.75, 3.05) is 18.1 Å². The molecule has 2 rings (SSSR count). The van der Waals surface area contributed by atoms with Crippen LogP contribution in [0, 0.1) is 6.92 Å². The fourth-order valence-electron chi connectivity index (χ4n) is 2.19. The van der Waals surface area contributed by atoms with Crippen LogP contribution in [0.3, 0.4) is 0 Å². The number of pyridine rings is 1. The molecular formula is C13H20N2O2. The summed E-state index contributed by atoms with van der Waals surface area (Å²) in [6.07, 6.45) is 3.63. The van der Waals surface area contributed by atoms with Crippen molar-refractivity contribution in [3.05, 3.63) is 23.4 Å². The maximum absolute atomic E-state index is 9.13. The lowest BCUT2D eigenvalue weighted by molar-refractivity contribution is 0.279. The minimum atomic E-state index is 0.0303. The van der Waals surface area contributed by atoms with Gasteiger partial charge in [0.05, 0.1) is 13.2 Å². The minimum absolute atomic E-state index is 0.0303. The van der Waals surface area contributed by atoms with Gasteiger partial charge in [0.15, 0.2) is 0 Å². The molecule has 1 aliphatic carbocycles. The average Bonchev–Trinajstić information content (AvgIpc) is 2.26. The van der Waals surface area contributed by atoms with Crippen LogP contribution in [0.15, 0.2) is 12.1 Å². The molecule has 0 radical (unpaired) electrons. The molecule has 94 valence electrons. The van der Waals surface area contributed by atoms with Crippen LogP contribution in [0.25, 0.3) is 0 Å². The molecule has 4 heteroatoms. The lowest BCUT2D eigenvalue weighted by Crippen LogP contribution is -2.42. The van der Waals surface area contributed by atoms with Gasteiger partial charge in [-0.05, 0) is 37.8 Å². The fourth-order valence-corrected chi connectivity index (χ4v) is 2.19. The van der Waals surface area contributed by atoms with Gasteiger partial charge >= 0.3 is 0 Å². The highest BCUT2D eigenvalue weighted by Crippen LogP contribution is 2.28. The topological polar surface area (TPSA) is 56.6 Å². The van der Waals surface area contributed by atoms with Crippen molar-refractivity contribution in [1.82, 2.24) is 4.98 Å². The van der Waals surface area contributed by atoms with Gasteiger partial charge in [-0.1, -0.05) is 6.07 Å². The van der Waals surface area contributed by atoms with Gasteiger partial charge in [-0.2, -0.15) is 0 Å². The van der Waals surface area contributed by atoms with Crippen molar-refractivity contribution in [1.29, 1.82) is 0 Å². The molecule has 17 heavy (non-hydrogen) atoms. The van der Waals surface area contributed by atoms with Gasteiger partial charge in [-0.15, -0.1) is 0 Å². The lowest BCUT2D eigenvalue weighted by atomic mass is 9.91. The van der Waals surface area contributed by atoms with Crippen LogP contribution in [-0.2, 0) is 6.61 Å². The summed E-state index contributed by atoms with van der Waals surface area (Å²) < 4.78 is 0. The van der Waals surface area contributed by atoms with E-state index in [4.69, 9.17) is 10.2 Å². The van der Waals surface area contributed by atoms with Crippen molar-refractivity contribution < 1.29 is 10.2 Å². The van der Waals surface area contributed by atoms with E-state index in [9.17, 15) is 0 Å². The Morgan fingerprint density at radius 2 is 2.12 bits per heavy atom. The highest BCUT2D eigenvalue weighted by molar-refractivity contribution is 5.43. The third-order valence-corrected chi connectivity index (χ3v) is 3.50. The number of nitrogens with zero attached hydrogens (tertiary/aromatic N) is 2. The molecule has 1 aliphatic rings. The number of anilines is 1. The molecule has 1 heterocycles. The molecular weight excluding hydrogens is 216 g/mol. The Labute approximate surface area is 102 Å². The standard InChI is InChI=1S/C13H20N2O2/c1-10-11(9-17)5-6-13(14-10)15(7-8-16)12-3-2-4-12/h5-6,12,16-17H,2-4,7-9H2,1H3. The number of aliphatic hydroxyl groups excluding tert-OH is 2. The second-order valence-corrected chi connectivity index (χ2v) is 4.57. The molecule has 1 aromatic heterocycles. The molecule has 1 fully saturated rings. The van der Waals surface area contributed by atoms with Gasteiger partial charge in [-0.25, -0.2) is 4.98 Å². The van der Waals surface area contributed by atoms with Gasteiger partial charge in [0.25, 0.3) is 0 Å². The number of hydrogen-bond acceptors (Lipinski definition) is 4. The van der Waals surface area contributed by atoms with E-state index in [1.807, 2.05) is 19.1 Å². The predicted molar refractivity (Wildman–Crippen MR) is 67.0 cm³/mol. The maximum Gasteiger partial charge on any atom is 0.129 e. The molecule has 0 saturated heterocycles. The van der Waals surface area contributed by atoms with E-state index < -0.39 is 0 Å². The molecule has 0 amide bonds. The first kappa shape index (κ1) is 12.3. The largest absolute Gasteiger partial charge is 0.395 e.